The summed E-state index contributed by atoms with van der Waals surface area (Å²) >= 11 is 0. The van der Waals surface area contributed by atoms with Gasteiger partial charge in [0.2, 0.25) is 0 Å². The Bertz CT molecular complexity index is 461. The van der Waals surface area contributed by atoms with E-state index in [9.17, 15) is 0 Å². The van der Waals surface area contributed by atoms with Crippen LogP contribution in [0, 0.1) is 0 Å². The molecule has 0 aromatic carbocycles. The van der Waals surface area contributed by atoms with Crippen molar-refractivity contribution in [3.8, 4) is 0 Å². The molecule has 0 saturated heterocycles. The number of nitrogens with zero attached hydrogens (tertiary/aromatic N) is 3. The van der Waals surface area contributed by atoms with Crippen molar-refractivity contribution in [1.29, 1.82) is 0 Å². The second-order valence-corrected chi connectivity index (χ2v) is 3.80. The zero-order valence-corrected chi connectivity index (χ0v) is 9.71. The SMILES string of the molecule is C=Cn1cc(CNCCc2cccnc2)cn1. The van der Waals surface area contributed by atoms with Gasteiger partial charge in [0.1, 0.15) is 0 Å². The van der Waals surface area contributed by atoms with E-state index in [1.165, 1.54) is 5.56 Å². The fourth-order valence-electron chi connectivity index (χ4n) is 1.58. The molecule has 0 bridgehead atoms. The molecule has 2 heterocycles. The predicted octanol–water partition coefficient (Wildman–Crippen LogP) is 1.71. The predicted molar refractivity (Wildman–Crippen MR) is 68.3 cm³/mol. The maximum Gasteiger partial charge on any atom is 0.0538 e. The van der Waals surface area contributed by atoms with Gasteiger partial charge in [-0.05, 0) is 24.6 Å². The lowest BCUT2D eigenvalue weighted by molar-refractivity contribution is 0.686. The number of aromatic nitrogens is 3. The normalized spacial score (nSPS) is 10.4. The van der Waals surface area contributed by atoms with Crippen LogP contribution in [0.15, 0.2) is 43.5 Å². The van der Waals surface area contributed by atoms with Gasteiger partial charge in [0.05, 0.1) is 6.20 Å². The molecular weight excluding hydrogens is 212 g/mol. The Morgan fingerprint density at radius 1 is 1.35 bits per heavy atom. The molecule has 4 heteroatoms. The Labute approximate surface area is 101 Å². The fourth-order valence-corrected chi connectivity index (χ4v) is 1.58. The van der Waals surface area contributed by atoms with Gasteiger partial charge in [0.25, 0.3) is 0 Å². The van der Waals surface area contributed by atoms with Crippen molar-refractivity contribution in [2.75, 3.05) is 6.54 Å². The van der Waals surface area contributed by atoms with Gasteiger partial charge < -0.3 is 5.32 Å². The minimum absolute atomic E-state index is 0.827. The zero-order valence-electron chi connectivity index (χ0n) is 9.71. The molecule has 0 fully saturated rings. The summed E-state index contributed by atoms with van der Waals surface area (Å²) < 4.78 is 1.71. The highest BCUT2D eigenvalue weighted by Gasteiger charge is 1.96. The highest BCUT2D eigenvalue weighted by atomic mass is 15.2. The smallest absolute Gasteiger partial charge is 0.0538 e. The van der Waals surface area contributed by atoms with Crippen LogP contribution < -0.4 is 5.32 Å². The van der Waals surface area contributed by atoms with Crippen LogP contribution in [0.1, 0.15) is 11.1 Å². The standard InChI is InChI=1S/C13H16N4/c1-2-17-11-13(10-16-17)9-15-7-5-12-4-3-6-14-8-12/h2-4,6,8,10-11,15H,1,5,7,9H2. The summed E-state index contributed by atoms with van der Waals surface area (Å²) in [5.74, 6) is 0. The third-order valence-electron chi connectivity index (χ3n) is 2.48. The van der Waals surface area contributed by atoms with Gasteiger partial charge in [-0.15, -0.1) is 0 Å². The molecule has 88 valence electrons. The van der Waals surface area contributed by atoms with Gasteiger partial charge in [0, 0.05) is 36.9 Å². The molecule has 17 heavy (non-hydrogen) atoms. The number of rotatable bonds is 6. The minimum Gasteiger partial charge on any atom is -0.312 e. The Balaban J connectivity index is 1.71. The summed E-state index contributed by atoms with van der Waals surface area (Å²) in [5.41, 5.74) is 2.41. The highest BCUT2D eigenvalue weighted by Crippen LogP contribution is 1.98. The molecule has 2 rings (SSSR count). The van der Waals surface area contributed by atoms with Crippen LogP contribution in [-0.2, 0) is 13.0 Å². The molecule has 0 spiro atoms. The van der Waals surface area contributed by atoms with E-state index in [4.69, 9.17) is 0 Å². The first-order chi connectivity index (χ1) is 8.38. The Hall–Kier alpha value is -1.94. The summed E-state index contributed by atoms with van der Waals surface area (Å²) in [6.07, 6.45) is 10.2. The van der Waals surface area contributed by atoms with Crippen LogP contribution in [0.3, 0.4) is 0 Å². The summed E-state index contributed by atoms with van der Waals surface area (Å²) in [5, 5.41) is 7.49. The first-order valence-corrected chi connectivity index (χ1v) is 5.63. The van der Waals surface area contributed by atoms with Crippen LogP contribution in [0.25, 0.3) is 6.20 Å². The fraction of sp³-hybridized carbons (Fsp3) is 0.231. The van der Waals surface area contributed by atoms with Gasteiger partial charge in [-0.3, -0.25) is 4.98 Å². The second kappa shape index (κ2) is 5.96. The second-order valence-electron chi connectivity index (χ2n) is 3.80. The molecule has 0 aliphatic rings. The average Bonchev–Trinajstić information content (AvgIpc) is 2.84. The van der Waals surface area contributed by atoms with Gasteiger partial charge in [-0.2, -0.15) is 5.10 Å². The summed E-state index contributed by atoms with van der Waals surface area (Å²) in [6, 6.07) is 4.05. The first kappa shape index (κ1) is 11.5. The van der Waals surface area contributed by atoms with E-state index in [0.29, 0.717) is 0 Å². The van der Waals surface area contributed by atoms with E-state index in [1.807, 2.05) is 24.7 Å². The van der Waals surface area contributed by atoms with Crippen LogP contribution in [-0.4, -0.2) is 21.3 Å². The zero-order chi connectivity index (χ0) is 11.9. The molecule has 0 atom stereocenters. The van der Waals surface area contributed by atoms with E-state index in [0.717, 1.165) is 25.1 Å². The van der Waals surface area contributed by atoms with Gasteiger partial charge in [-0.1, -0.05) is 12.6 Å². The number of pyridine rings is 1. The van der Waals surface area contributed by atoms with Crippen molar-refractivity contribution < 1.29 is 0 Å². The van der Waals surface area contributed by atoms with Crippen molar-refractivity contribution in [2.45, 2.75) is 13.0 Å². The van der Waals surface area contributed by atoms with E-state index in [1.54, 1.807) is 17.1 Å². The van der Waals surface area contributed by atoms with E-state index >= 15 is 0 Å². The lowest BCUT2D eigenvalue weighted by Gasteiger charge is -2.02. The maximum absolute atomic E-state index is 4.12. The topological polar surface area (TPSA) is 42.7 Å². The highest BCUT2D eigenvalue weighted by molar-refractivity contribution is 5.17. The monoisotopic (exact) mass is 228 g/mol. The lowest BCUT2D eigenvalue weighted by atomic mass is 10.2. The quantitative estimate of drug-likeness (QED) is 0.765. The van der Waals surface area contributed by atoms with Gasteiger partial charge in [-0.25, -0.2) is 4.68 Å². The summed E-state index contributed by atoms with van der Waals surface area (Å²) in [7, 11) is 0. The van der Waals surface area contributed by atoms with E-state index in [2.05, 4.69) is 28.0 Å². The van der Waals surface area contributed by atoms with Gasteiger partial charge in [0.15, 0.2) is 0 Å². The molecule has 0 amide bonds. The maximum atomic E-state index is 4.12. The van der Waals surface area contributed by atoms with Crippen LogP contribution in [0.5, 0.6) is 0 Å². The third-order valence-corrected chi connectivity index (χ3v) is 2.48. The number of hydrogen-bond donors (Lipinski definition) is 1. The van der Waals surface area contributed by atoms with Crippen molar-refractivity contribution in [1.82, 2.24) is 20.1 Å². The van der Waals surface area contributed by atoms with E-state index in [-0.39, 0.29) is 0 Å². The number of nitrogens with one attached hydrogen (secondary N) is 1. The van der Waals surface area contributed by atoms with Crippen LogP contribution >= 0.6 is 0 Å². The minimum atomic E-state index is 0.827. The molecule has 0 aliphatic heterocycles. The Morgan fingerprint density at radius 2 is 2.29 bits per heavy atom. The molecule has 2 aromatic rings. The molecule has 0 aliphatic carbocycles. The van der Waals surface area contributed by atoms with Crippen LogP contribution in [0.4, 0.5) is 0 Å². The van der Waals surface area contributed by atoms with Crippen molar-refractivity contribution in [3.05, 3.63) is 54.6 Å². The summed E-state index contributed by atoms with van der Waals surface area (Å²) in [4.78, 5) is 4.08. The van der Waals surface area contributed by atoms with Crippen molar-refractivity contribution >= 4 is 6.20 Å². The molecule has 0 radical (unpaired) electrons. The molecule has 0 unspecified atom stereocenters. The van der Waals surface area contributed by atoms with Crippen molar-refractivity contribution in [3.63, 3.8) is 0 Å². The molecule has 2 aromatic heterocycles. The Morgan fingerprint density at radius 3 is 3.00 bits per heavy atom. The van der Waals surface area contributed by atoms with Crippen LogP contribution in [0.2, 0.25) is 0 Å². The third kappa shape index (κ3) is 3.53. The molecular formula is C13H16N4. The lowest BCUT2D eigenvalue weighted by Crippen LogP contribution is -2.16. The largest absolute Gasteiger partial charge is 0.312 e. The van der Waals surface area contributed by atoms with Crippen molar-refractivity contribution in [2.24, 2.45) is 0 Å². The summed E-state index contributed by atoms with van der Waals surface area (Å²) in [6.45, 7) is 5.42. The molecule has 0 saturated carbocycles. The molecule has 1 N–H and O–H groups in total. The van der Waals surface area contributed by atoms with Gasteiger partial charge >= 0.3 is 0 Å². The Kier molecular flexibility index (Phi) is 4.05. The first-order valence-electron chi connectivity index (χ1n) is 5.63. The van der Waals surface area contributed by atoms with E-state index < -0.39 is 0 Å². The average molecular weight is 228 g/mol. The number of hydrogen-bond acceptors (Lipinski definition) is 3. The molecule has 4 nitrogen and oxygen atoms in total.